The molecule has 86 valence electrons. The normalized spacial score (nSPS) is 34.3. The highest BCUT2D eigenvalue weighted by atomic mass is 32.2. The van der Waals surface area contributed by atoms with Gasteiger partial charge < -0.3 is 5.32 Å². The zero-order chi connectivity index (χ0) is 11.7. The highest BCUT2D eigenvalue weighted by molar-refractivity contribution is 8.01. The summed E-state index contributed by atoms with van der Waals surface area (Å²) in [6, 6.07) is 12.5. The van der Waals surface area contributed by atoms with Crippen LogP contribution in [0, 0.1) is 17.2 Å². The van der Waals surface area contributed by atoms with Crippen molar-refractivity contribution in [2.24, 2.45) is 5.92 Å². The minimum Gasteiger partial charge on any atom is -0.359 e. The third-order valence-corrected chi connectivity index (χ3v) is 5.01. The SMILES string of the molecule is N#CC1(Nc2ccccc2)SC2C=CC1CC2. The van der Waals surface area contributed by atoms with Crippen molar-refractivity contribution < 1.29 is 0 Å². The number of thioether (sulfide) groups is 1. The van der Waals surface area contributed by atoms with E-state index in [1.165, 1.54) is 6.42 Å². The molecule has 4 rings (SSSR count). The summed E-state index contributed by atoms with van der Waals surface area (Å²) in [4.78, 5) is -0.473. The molecule has 2 bridgehead atoms. The van der Waals surface area contributed by atoms with Gasteiger partial charge >= 0.3 is 0 Å². The van der Waals surface area contributed by atoms with Crippen molar-refractivity contribution in [2.45, 2.75) is 23.0 Å². The molecular formula is C14H14N2S. The van der Waals surface area contributed by atoms with Crippen molar-refractivity contribution in [1.82, 2.24) is 0 Å². The summed E-state index contributed by atoms with van der Waals surface area (Å²) in [6.07, 6.45) is 6.78. The van der Waals surface area contributed by atoms with Gasteiger partial charge in [-0.2, -0.15) is 5.26 Å². The number of benzene rings is 1. The van der Waals surface area contributed by atoms with Gasteiger partial charge in [0.1, 0.15) is 6.07 Å². The predicted octanol–water partition coefficient (Wildman–Crippen LogP) is 3.40. The first-order chi connectivity index (χ1) is 8.32. The van der Waals surface area contributed by atoms with E-state index in [2.05, 4.69) is 23.5 Å². The van der Waals surface area contributed by atoms with E-state index in [4.69, 9.17) is 0 Å². The molecule has 2 aliphatic heterocycles. The van der Waals surface area contributed by atoms with Crippen molar-refractivity contribution in [3.63, 3.8) is 0 Å². The predicted molar refractivity (Wildman–Crippen MR) is 71.7 cm³/mol. The Morgan fingerprint density at radius 3 is 2.59 bits per heavy atom. The smallest absolute Gasteiger partial charge is 0.179 e. The minimum absolute atomic E-state index is 0.322. The third kappa shape index (κ3) is 1.83. The molecule has 2 nitrogen and oxygen atoms in total. The van der Waals surface area contributed by atoms with Crippen LogP contribution < -0.4 is 5.32 Å². The highest BCUT2D eigenvalue weighted by Gasteiger charge is 2.46. The maximum absolute atomic E-state index is 9.56. The second-order valence-corrected chi connectivity index (χ2v) is 6.05. The average molecular weight is 242 g/mol. The molecule has 1 aromatic rings. The van der Waals surface area contributed by atoms with Gasteiger partial charge in [-0.15, -0.1) is 11.8 Å². The van der Waals surface area contributed by atoms with Crippen LogP contribution in [0.4, 0.5) is 5.69 Å². The zero-order valence-electron chi connectivity index (χ0n) is 9.47. The van der Waals surface area contributed by atoms with Gasteiger partial charge in [0.15, 0.2) is 4.87 Å². The van der Waals surface area contributed by atoms with Crippen molar-refractivity contribution in [3.05, 3.63) is 42.5 Å². The second-order valence-electron chi connectivity index (χ2n) is 4.56. The number of rotatable bonds is 2. The Bertz CT molecular complexity index is 477. The van der Waals surface area contributed by atoms with Gasteiger partial charge in [-0.3, -0.25) is 0 Å². The molecule has 1 aromatic carbocycles. The Balaban J connectivity index is 1.90. The maximum Gasteiger partial charge on any atom is 0.179 e. The van der Waals surface area contributed by atoms with Crippen LogP contribution in [0.25, 0.3) is 0 Å². The lowest BCUT2D eigenvalue weighted by Gasteiger charge is -2.44. The quantitative estimate of drug-likeness (QED) is 0.807. The fourth-order valence-electron chi connectivity index (χ4n) is 2.55. The van der Waals surface area contributed by atoms with Gasteiger partial charge in [0.2, 0.25) is 0 Å². The van der Waals surface area contributed by atoms with Crippen LogP contribution in [-0.4, -0.2) is 10.1 Å². The van der Waals surface area contributed by atoms with Crippen molar-refractivity contribution in [3.8, 4) is 6.07 Å². The Kier molecular flexibility index (Phi) is 2.60. The molecule has 2 heterocycles. The molecule has 0 saturated carbocycles. The number of nitriles is 1. The first-order valence-corrected chi connectivity index (χ1v) is 6.81. The summed E-state index contributed by atoms with van der Waals surface area (Å²) in [6.45, 7) is 0. The lowest BCUT2D eigenvalue weighted by Crippen LogP contribution is -2.47. The maximum atomic E-state index is 9.56. The fourth-order valence-corrected chi connectivity index (χ4v) is 4.05. The molecule has 3 unspecified atom stereocenters. The van der Waals surface area contributed by atoms with E-state index in [9.17, 15) is 5.26 Å². The Morgan fingerprint density at radius 2 is 2.06 bits per heavy atom. The van der Waals surface area contributed by atoms with Crippen molar-refractivity contribution in [1.29, 1.82) is 5.26 Å². The number of para-hydroxylation sites is 1. The molecule has 0 spiro atoms. The van der Waals surface area contributed by atoms with E-state index in [1.807, 2.05) is 30.3 Å². The van der Waals surface area contributed by atoms with Crippen LogP contribution in [0.1, 0.15) is 12.8 Å². The molecule has 1 fully saturated rings. The lowest BCUT2D eigenvalue weighted by atomic mass is 9.88. The van der Waals surface area contributed by atoms with Gasteiger partial charge in [-0.25, -0.2) is 0 Å². The number of hydrogen-bond donors (Lipinski definition) is 1. The van der Waals surface area contributed by atoms with E-state index >= 15 is 0 Å². The number of fused-ring (bicyclic) bond motifs is 2. The lowest BCUT2D eigenvalue weighted by molar-refractivity contribution is 0.470. The van der Waals surface area contributed by atoms with Crippen LogP contribution in [0.15, 0.2) is 42.5 Å². The second kappa shape index (κ2) is 4.12. The summed E-state index contributed by atoms with van der Waals surface area (Å²) in [5.41, 5.74) is 1.03. The molecule has 0 aromatic heterocycles. The Morgan fingerprint density at radius 1 is 1.24 bits per heavy atom. The van der Waals surface area contributed by atoms with Gasteiger partial charge in [-0.05, 0) is 25.0 Å². The summed E-state index contributed by atoms with van der Waals surface area (Å²) in [5.74, 6) is 0.322. The van der Waals surface area contributed by atoms with Gasteiger partial charge in [0.05, 0.1) is 0 Å². The van der Waals surface area contributed by atoms with E-state index in [0.717, 1.165) is 12.1 Å². The van der Waals surface area contributed by atoms with Gasteiger partial charge in [0.25, 0.3) is 0 Å². The largest absolute Gasteiger partial charge is 0.359 e. The molecule has 0 amide bonds. The molecular weight excluding hydrogens is 228 g/mol. The topological polar surface area (TPSA) is 35.8 Å². The number of nitrogens with one attached hydrogen (secondary N) is 1. The zero-order valence-corrected chi connectivity index (χ0v) is 10.3. The van der Waals surface area contributed by atoms with Crippen LogP contribution in [0.5, 0.6) is 0 Å². The van der Waals surface area contributed by atoms with Crippen LogP contribution in [-0.2, 0) is 0 Å². The number of nitrogens with zero attached hydrogens (tertiary/aromatic N) is 1. The minimum atomic E-state index is -0.473. The molecule has 1 N–H and O–H groups in total. The fraction of sp³-hybridized carbons (Fsp3) is 0.357. The first kappa shape index (κ1) is 10.7. The molecule has 3 aliphatic rings. The third-order valence-electron chi connectivity index (χ3n) is 3.45. The average Bonchev–Trinajstić information content (AvgIpc) is 2.41. The van der Waals surface area contributed by atoms with Gasteiger partial charge in [-0.1, -0.05) is 30.4 Å². The number of hydrogen-bond acceptors (Lipinski definition) is 3. The van der Waals surface area contributed by atoms with Crippen molar-refractivity contribution in [2.75, 3.05) is 5.32 Å². The van der Waals surface area contributed by atoms with E-state index in [0.29, 0.717) is 11.2 Å². The Hall–Kier alpha value is -1.40. The van der Waals surface area contributed by atoms with Crippen LogP contribution >= 0.6 is 11.8 Å². The monoisotopic (exact) mass is 242 g/mol. The number of anilines is 1. The summed E-state index contributed by atoms with van der Waals surface area (Å²) in [7, 11) is 0. The highest BCUT2D eigenvalue weighted by Crippen LogP contribution is 2.49. The molecule has 1 saturated heterocycles. The van der Waals surface area contributed by atoms with Gasteiger partial charge in [0, 0.05) is 16.9 Å². The molecule has 0 radical (unpaired) electrons. The molecule has 17 heavy (non-hydrogen) atoms. The van der Waals surface area contributed by atoms with Crippen LogP contribution in [0.3, 0.4) is 0 Å². The van der Waals surface area contributed by atoms with E-state index < -0.39 is 4.87 Å². The van der Waals surface area contributed by atoms with E-state index in [-0.39, 0.29) is 0 Å². The summed E-state index contributed by atoms with van der Waals surface area (Å²) < 4.78 is 0. The molecule has 1 aliphatic carbocycles. The van der Waals surface area contributed by atoms with Crippen molar-refractivity contribution >= 4 is 17.4 Å². The molecule has 3 atom stereocenters. The molecule has 3 heteroatoms. The standard InChI is InChI=1S/C14H14N2S/c15-10-14(16-12-4-2-1-3-5-12)11-6-8-13(17-14)9-7-11/h1-6,8,11,13,16H,7,9H2. The van der Waals surface area contributed by atoms with E-state index in [1.54, 1.807) is 11.8 Å². The summed E-state index contributed by atoms with van der Waals surface area (Å²) >= 11 is 1.76. The Labute approximate surface area is 106 Å². The first-order valence-electron chi connectivity index (χ1n) is 5.93. The summed E-state index contributed by atoms with van der Waals surface area (Å²) in [5, 5.41) is 13.5. The van der Waals surface area contributed by atoms with Crippen LogP contribution in [0.2, 0.25) is 0 Å².